The second-order valence-electron chi connectivity index (χ2n) is 7.48. The Labute approximate surface area is 181 Å². The van der Waals surface area contributed by atoms with Gasteiger partial charge < -0.3 is 4.90 Å². The normalized spacial score (nSPS) is 15.2. The Morgan fingerprint density at radius 3 is 2.35 bits per heavy atom. The lowest BCUT2D eigenvalue weighted by molar-refractivity contribution is -0.133. The van der Waals surface area contributed by atoms with Crippen LogP contribution < -0.4 is 0 Å². The van der Waals surface area contributed by atoms with Crippen LogP contribution in [0.25, 0.3) is 11.4 Å². The third-order valence-electron chi connectivity index (χ3n) is 5.29. The van der Waals surface area contributed by atoms with Crippen LogP contribution in [0.1, 0.15) is 11.1 Å². The van der Waals surface area contributed by atoms with Crippen molar-refractivity contribution in [3.05, 3.63) is 65.7 Å². The summed E-state index contributed by atoms with van der Waals surface area (Å²) in [6.07, 6.45) is 0. The molecule has 3 aromatic rings. The minimum Gasteiger partial charge on any atom is -0.338 e. The molecule has 4 rings (SSSR count). The molecule has 2 heterocycles. The van der Waals surface area contributed by atoms with Crippen LogP contribution in [0.4, 0.5) is 0 Å². The molecule has 0 N–H and O–H groups in total. The first kappa shape index (κ1) is 21.1. The first-order valence-corrected chi connectivity index (χ1v) is 11.7. The van der Waals surface area contributed by atoms with Gasteiger partial charge in [0.05, 0.1) is 5.75 Å². The van der Waals surface area contributed by atoms with Gasteiger partial charge in [-0.25, -0.2) is 8.42 Å². The predicted molar refractivity (Wildman–Crippen MR) is 115 cm³/mol. The Hall–Kier alpha value is -3.11. The van der Waals surface area contributed by atoms with Crippen LogP contribution in [0.5, 0.6) is 0 Å². The monoisotopic (exact) mass is 440 g/mol. The molecule has 1 aliphatic rings. The van der Waals surface area contributed by atoms with Crippen LogP contribution in [0, 0.1) is 6.92 Å². The zero-order valence-corrected chi connectivity index (χ0v) is 18.1. The molecule has 0 saturated carbocycles. The molecule has 0 aliphatic carbocycles. The van der Waals surface area contributed by atoms with E-state index >= 15 is 0 Å². The number of hydrogen-bond donors (Lipinski definition) is 0. The molecule has 0 unspecified atom stereocenters. The van der Waals surface area contributed by atoms with E-state index in [0.29, 0.717) is 18.9 Å². The van der Waals surface area contributed by atoms with E-state index in [0.717, 1.165) is 16.7 Å². The van der Waals surface area contributed by atoms with E-state index in [1.807, 2.05) is 49.4 Å². The molecule has 0 bridgehead atoms. The van der Waals surface area contributed by atoms with Gasteiger partial charge in [-0.2, -0.15) is 9.10 Å². The zero-order chi connectivity index (χ0) is 21.8. The Balaban J connectivity index is 1.33. The fraction of sp³-hybridized carbons (Fsp3) is 0.333. The Kier molecular flexibility index (Phi) is 6.10. The SMILES string of the molecule is Cc1ccccc1-c1nnn(CC(=O)N2CCN(S(=O)(=O)Cc3ccccc3)CC2)n1. The van der Waals surface area contributed by atoms with E-state index in [9.17, 15) is 13.2 Å². The number of hydrogen-bond acceptors (Lipinski definition) is 6. The third-order valence-corrected chi connectivity index (χ3v) is 7.14. The Bertz CT molecular complexity index is 1150. The molecule has 1 fully saturated rings. The molecule has 10 heteroatoms. The number of nitrogens with zero attached hydrogens (tertiary/aromatic N) is 6. The van der Waals surface area contributed by atoms with Gasteiger partial charge in [0.1, 0.15) is 6.54 Å². The molecule has 1 saturated heterocycles. The van der Waals surface area contributed by atoms with Gasteiger partial charge in [-0.3, -0.25) is 4.79 Å². The standard InChI is InChI=1S/C21H24N6O3S/c1-17-7-5-6-10-19(17)21-22-24-27(23-21)15-20(28)25-11-13-26(14-12-25)31(29,30)16-18-8-3-2-4-9-18/h2-10H,11-16H2,1H3. The number of carbonyl (C=O) groups excluding carboxylic acids is 1. The minimum atomic E-state index is -3.42. The van der Waals surface area contributed by atoms with Gasteiger partial charge in [0.2, 0.25) is 21.8 Å². The quantitative estimate of drug-likeness (QED) is 0.573. The van der Waals surface area contributed by atoms with Crippen molar-refractivity contribution in [2.75, 3.05) is 26.2 Å². The van der Waals surface area contributed by atoms with Crippen LogP contribution in [0.15, 0.2) is 54.6 Å². The highest BCUT2D eigenvalue weighted by atomic mass is 32.2. The highest BCUT2D eigenvalue weighted by Crippen LogP contribution is 2.18. The van der Waals surface area contributed by atoms with E-state index in [4.69, 9.17) is 0 Å². The maximum Gasteiger partial charge on any atom is 0.246 e. The predicted octanol–water partition coefficient (Wildman–Crippen LogP) is 1.32. The van der Waals surface area contributed by atoms with E-state index in [1.54, 1.807) is 17.0 Å². The van der Waals surface area contributed by atoms with Crippen molar-refractivity contribution in [3.8, 4) is 11.4 Å². The molecular formula is C21H24N6O3S. The lowest BCUT2D eigenvalue weighted by Gasteiger charge is -2.33. The average molecular weight is 441 g/mol. The summed E-state index contributed by atoms with van der Waals surface area (Å²) in [5.41, 5.74) is 2.65. The first-order valence-electron chi connectivity index (χ1n) is 10.1. The Morgan fingerprint density at radius 1 is 0.968 bits per heavy atom. The van der Waals surface area contributed by atoms with Crippen molar-refractivity contribution in [1.29, 1.82) is 0 Å². The second-order valence-corrected chi connectivity index (χ2v) is 9.45. The fourth-order valence-electron chi connectivity index (χ4n) is 3.55. The number of piperazine rings is 1. The first-order chi connectivity index (χ1) is 14.9. The van der Waals surface area contributed by atoms with Crippen molar-refractivity contribution in [1.82, 2.24) is 29.4 Å². The molecule has 0 atom stereocenters. The molecule has 1 amide bonds. The summed E-state index contributed by atoms with van der Waals surface area (Å²) in [5.74, 6) is 0.281. The molecule has 2 aromatic carbocycles. The van der Waals surface area contributed by atoms with Crippen molar-refractivity contribution >= 4 is 15.9 Å². The highest BCUT2D eigenvalue weighted by molar-refractivity contribution is 7.88. The highest BCUT2D eigenvalue weighted by Gasteiger charge is 2.29. The summed E-state index contributed by atoms with van der Waals surface area (Å²) >= 11 is 0. The van der Waals surface area contributed by atoms with E-state index in [2.05, 4.69) is 15.4 Å². The van der Waals surface area contributed by atoms with Crippen molar-refractivity contribution in [2.45, 2.75) is 19.2 Å². The maximum atomic E-state index is 12.7. The van der Waals surface area contributed by atoms with Crippen LogP contribution in [0.3, 0.4) is 0 Å². The van der Waals surface area contributed by atoms with Gasteiger partial charge >= 0.3 is 0 Å². The fourth-order valence-corrected chi connectivity index (χ4v) is 5.07. The van der Waals surface area contributed by atoms with Gasteiger partial charge in [-0.05, 0) is 23.3 Å². The van der Waals surface area contributed by atoms with Gasteiger partial charge in [-0.1, -0.05) is 54.6 Å². The second kappa shape index (κ2) is 8.94. The van der Waals surface area contributed by atoms with Crippen molar-refractivity contribution in [3.63, 3.8) is 0 Å². The summed E-state index contributed by atoms with van der Waals surface area (Å²) in [5, 5.41) is 12.4. The number of benzene rings is 2. The largest absolute Gasteiger partial charge is 0.338 e. The van der Waals surface area contributed by atoms with Crippen molar-refractivity contribution < 1.29 is 13.2 Å². The summed E-state index contributed by atoms with van der Waals surface area (Å²) in [6.45, 7) is 3.17. The zero-order valence-electron chi connectivity index (χ0n) is 17.3. The van der Waals surface area contributed by atoms with E-state index in [-0.39, 0.29) is 31.3 Å². The number of aryl methyl sites for hydroxylation is 1. The Morgan fingerprint density at radius 2 is 1.65 bits per heavy atom. The lowest BCUT2D eigenvalue weighted by Crippen LogP contribution is -2.51. The summed E-state index contributed by atoms with van der Waals surface area (Å²) in [4.78, 5) is 15.6. The summed E-state index contributed by atoms with van der Waals surface area (Å²) < 4.78 is 26.8. The van der Waals surface area contributed by atoms with Crippen LogP contribution >= 0.6 is 0 Å². The molecule has 162 valence electrons. The number of sulfonamides is 1. The number of carbonyl (C=O) groups is 1. The van der Waals surface area contributed by atoms with Crippen LogP contribution in [-0.2, 0) is 27.1 Å². The van der Waals surface area contributed by atoms with E-state index < -0.39 is 10.0 Å². The molecular weight excluding hydrogens is 416 g/mol. The van der Waals surface area contributed by atoms with Gasteiger partial charge in [-0.15, -0.1) is 10.2 Å². The number of tetrazole rings is 1. The number of aromatic nitrogens is 4. The molecule has 1 aromatic heterocycles. The molecule has 31 heavy (non-hydrogen) atoms. The summed E-state index contributed by atoms with van der Waals surface area (Å²) in [6, 6.07) is 16.8. The minimum absolute atomic E-state index is 0.0321. The van der Waals surface area contributed by atoms with Gasteiger partial charge in [0.15, 0.2) is 0 Å². The number of rotatable bonds is 6. The molecule has 0 spiro atoms. The molecule has 0 radical (unpaired) electrons. The number of amides is 1. The topological polar surface area (TPSA) is 101 Å². The van der Waals surface area contributed by atoms with Gasteiger partial charge in [0, 0.05) is 31.7 Å². The molecule has 9 nitrogen and oxygen atoms in total. The van der Waals surface area contributed by atoms with Crippen LogP contribution in [-0.4, -0.2) is 69.9 Å². The smallest absolute Gasteiger partial charge is 0.246 e. The van der Waals surface area contributed by atoms with E-state index in [1.165, 1.54) is 9.10 Å². The maximum absolute atomic E-state index is 12.7. The van der Waals surface area contributed by atoms with Crippen LogP contribution in [0.2, 0.25) is 0 Å². The lowest BCUT2D eigenvalue weighted by atomic mass is 10.1. The van der Waals surface area contributed by atoms with Gasteiger partial charge in [0.25, 0.3) is 0 Å². The molecule has 1 aliphatic heterocycles. The third kappa shape index (κ3) is 4.97. The van der Waals surface area contributed by atoms with Crippen molar-refractivity contribution in [2.24, 2.45) is 0 Å². The average Bonchev–Trinajstić information content (AvgIpc) is 3.23. The summed E-state index contributed by atoms with van der Waals surface area (Å²) in [7, 11) is -3.42.